The zero-order valence-corrected chi connectivity index (χ0v) is 10.3. The fourth-order valence-corrected chi connectivity index (χ4v) is 1.82. The van der Waals surface area contributed by atoms with Crippen LogP contribution in [0.5, 0.6) is 0 Å². The molecule has 0 saturated heterocycles. The zero-order chi connectivity index (χ0) is 13.2. The highest BCUT2D eigenvalue weighted by molar-refractivity contribution is 6.04. The topological polar surface area (TPSA) is 68.1 Å². The van der Waals surface area contributed by atoms with Gasteiger partial charge in [0.2, 0.25) is 5.60 Å². The van der Waals surface area contributed by atoms with Crippen molar-refractivity contribution in [1.82, 2.24) is 0 Å². The minimum Gasteiger partial charge on any atom is -0.478 e. The van der Waals surface area contributed by atoms with Crippen LogP contribution in [0.2, 0.25) is 0 Å². The molecule has 18 heavy (non-hydrogen) atoms. The number of rotatable bonds is 4. The lowest BCUT2D eigenvalue weighted by molar-refractivity contribution is -0.160. The Morgan fingerprint density at radius 1 is 1.61 bits per heavy atom. The van der Waals surface area contributed by atoms with Crippen LogP contribution >= 0.6 is 0 Å². The van der Waals surface area contributed by atoms with Gasteiger partial charge < -0.3 is 14.7 Å². The number of benzene rings is 1. The van der Waals surface area contributed by atoms with Crippen LogP contribution in [0.4, 0.5) is 0 Å². The highest BCUT2D eigenvalue weighted by Crippen LogP contribution is 2.27. The van der Waals surface area contributed by atoms with E-state index < -0.39 is 11.6 Å². The summed E-state index contributed by atoms with van der Waals surface area (Å²) in [6.45, 7) is 2.03. The summed E-state index contributed by atoms with van der Waals surface area (Å²) in [7, 11) is 1.63. The van der Waals surface area contributed by atoms with Gasteiger partial charge in [-0.25, -0.2) is 4.79 Å². The number of nitrogens with zero attached hydrogens (tertiary/aromatic N) is 1. The third-order valence-corrected chi connectivity index (χ3v) is 2.89. The maximum Gasteiger partial charge on any atom is 0.351 e. The summed E-state index contributed by atoms with van der Waals surface area (Å²) in [6.07, 6.45) is 0.263. The van der Waals surface area contributed by atoms with Crippen LogP contribution in [0.25, 0.3) is 0 Å². The van der Waals surface area contributed by atoms with E-state index in [-0.39, 0.29) is 6.42 Å². The Labute approximate surface area is 105 Å². The van der Waals surface area contributed by atoms with Crippen LogP contribution in [-0.2, 0) is 21.0 Å². The molecule has 1 atom stereocenters. The summed E-state index contributed by atoms with van der Waals surface area (Å²) in [5.41, 5.74) is 1.28. The summed E-state index contributed by atoms with van der Waals surface area (Å²) in [5, 5.41) is 12.9. The molecule has 5 heteroatoms. The van der Waals surface area contributed by atoms with Gasteiger partial charge in [-0.1, -0.05) is 23.4 Å². The fraction of sp³-hybridized carbons (Fsp3) is 0.385. The van der Waals surface area contributed by atoms with Gasteiger partial charge >= 0.3 is 5.97 Å². The van der Waals surface area contributed by atoms with Crippen molar-refractivity contribution in [1.29, 1.82) is 0 Å². The number of oxime groups is 1. The van der Waals surface area contributed by atoms with Crippen molar-refractivity contribution in [2.24, 2.45) is 5.16 Å². The molecular formula is C13H15NO4. The molecule has 0 fully saturated rings. The number of carboxylic acid groups (broad SMARTS) is 1. The average molecular weight is 249 g/mol. The second kappa shape index (κ2) is 4.78. The quantitative estimate of drug-likeness (QED) is 0.883. The van der Waals surface area contributed by atoms with Crippen molar-refractivity contribution >= 4 is 11.7 Å². The molecule has 0 saturated carbocycles. The lowest BCUT2D eigenvalue weighted by atomic mass is 9.95. The van der Waals surface area contributed by atoms with Crippen molar-refractivity contribution in [2.75, 3.05) is 7.11 Å². The Kier molecular flexibility index (Phi) is 3.34. The molecule has 1 aliphatic rings. The van der Waals surface area contributed by atoms with Gasteiger partial charge in [-0.3, -0.25) is 0 Å². The summed E-state index contributed by atoms with van der Waals surface area (Å²) >= 11 is 0. The molecule has 0 spiro atoms. The number of carbonyl (C=O) groups is 1. The third kappa shape index (κ3) is 2.36. The van der Waals surface area contributed by atoms with Crippen LogP contribution in [-0.4, -0.2) is 29.5 Å². The summed E-state index contributed by atoms with van der Waals surface area (Å²) in [5.74, 6) is -1.01. The number of ether oxygens (including phenoxy) is 1. The van der Waals surface area contributed by atoms with E-state index in [0.717, 1.165) is 11.1 Å². The lowest BCUT2D eigenvalue weighted by Crippen LogP contribution is -2.35. The van der Waals surface area contributed by atoms with Gasteiger partial charge in [0.1, 0.15) is 0 Å². The van der Waals surface area contributed by atoms with Crippen LogP contribution in [0.3, 0.4) is 0 Å². The normalized spacial score (nSPS) is 22.4. The van der Waals surface area contributed by atoms with Gasteiger partial charge in [0.05, 0.1) is 12.3 Å². The standard InChI is InChI=1S/C13H15NO4/c1-13(12(15)16)7-11(14-18-13)10-5-3-4-9(6-10)8-17-2/h3-6H,7-8H2,1-2H3,(H,15,16). The highest BCUT2D eigenvalue weighted by atomic mass is 16.7. The highest BCUT2D eigenvalue weighted by Gasteiger charge is 2.42. The molecule has 1 heterocycles. The molecule has 5 nitrogen and oxygen atoms in total. The Hall–Kier alpha value is -1.88. The van der Waals surface area contributed by atoms with Crippen molar-refractivity contribution in [3.05, 3.63) is 35.4 Å². The molecule has 0 aromatic heterocycles. The predicted molar refractivity (Wildman–Crippen MR) is 65.4 cm³/mol. The van der Waals surface area contributed by atoms with E-state index >= 15 is 0 Å². The molecule has 1 unspecified atom stereocenters. The Balaban J connectivity index is 2.19. The first-order valence-corrected chi connectivity index (χ1v) is 5.62. The SMILES string of the molecule is COCc1cccc(C2=NOC(C)(C(=O)O)C2)c1. The minimum absolute atomic E-state index is 0.263. The maximum atomic E-state index is 11.1. The van der Waals surface area contributed by atoms with Gasteiger partial charge in [0.15, 0.2) is 0 Å². The van der Waals surface area contributed by atoms with E-state index in [9.17, 15) is 4.79 Å². The summed E-state index contributed by atoms with van der Waals surface area (Å²) in [4.78, 5) is 16.1. The molecule has 1 N–H and O–H groups in total. The van der Waals surface area contributed by atoms with E-state index in [2.05, 4.69) is 5.16 Å². The van der Waals surface area contributed by atoms with Crippen LogP contribution < -0.4 is 0 Å². The van der Waals surface area contributed by atoms with Crippen LogP contribution in [0.1, 0.15) is 24.5 Å². The molecular weight excluding hydrogens is 234 g/mol. The predicted octanol–water partition coefficient (Wildman–Crippen LogP) is 1.80. The number of aliphatic carboxylic acids is 1. The van der Waals surface area contributed by atoms with Crippen molar-refractivity contribution in [2.45, 2.75) is 25.6 Å². The van der Waals surface area contributed by atoms with E-state index in [1.54, 1.807) is 7.11 Å². The van der Waals surface area contributed by atoms with Gasteiger partial charge in [-0.2, -0.15) is 0 Å². The first-order chi connectivity index (χ1) is 8.55. The van der Waals surface area contributed by atoms with Gasteiger partial charge in [0, 0.05) is 13.5 Å². The Bertz CT molecular complexity index is 498. The molecule has 0 amide bonds. The summed E-state index contributed by atoms with van der Waals surface area (Å²) < 4.78 is 5.06. The Morgan fingerprint density at radius 3 is 3.00 bits per heavy atom. The Morgan fingerprint density at radius 2 is 2.39 bits per heavy atom. The average Bonchev–Trinajstić information content (AvgIpc) is 2.74. The maximum absolute atomic E-state index is 11.1. The lowest BCUT2D eigenvalue weighted by Gasteiger charge is -2.14. The van der Waals surface area contributed by atoms with Gasteiger partial charge in [-0.05, 0) is 24.1 Å². The smallest absolute Gasteiger partial charge is 0.351 e. The summed E-state index contributed by atoms with van der Waals surface area (Å²) in [6, 6.07) is 7.65. The van der Waals surface area contributed by atoms with Crippen LogP contribution in [0.15, 0.2) is 29.4 Å². The van der Waals surface area contributed by atoms with E-state index in [1.807, 2.05) is 24.3 Å². The number of carboxylic acids is 1. The molecule has 0 radical (unpaired) electrons. The van der Waals surface area contributed by atoms with Crippen molar-refractivity contribution in [3.63, 3.8) is 0 Å². The molecule has 1 aromatic rings. The molecule has 2 rings (SSSR count). The number of hydrogen-bond acceptors (Lipinski definition) is 4. The minimum atomic E-state index is -1.26. The second-order valence-corrected chi connectivity index (χ2v) is 4.48. The fourth-order valence-electron chi connectivity index (χ4n) is 1.82. The monoisotopic (exact) mass is 249 g/mol. The van der Waals surface area contributed by atoms with Crippen LogP contribution in [0, 0.1) is 0 Å². The molecule has 1 aliphatic heterocycles. The number of hydrogen-bond donors (Lipinski definition) is 1. The molecule has 0 aliphatic carbocycles. The first-order valence-electron chi connectivity index (χ1n) is 5.62. The van der Waals surface area contributed by atoms with E-state index in [1.165, 1.54) is 6.92 Å². The molecule has 96 valence electrons. The first kappa shape index (κ1) is 12.6. The van der Waals surface area contributed by atoms with E-state index in [4.69, 9.17) is 14.7 Å². The molecule has 1 aromatic carbocycles. The number of methoxy groups -OCH3 is 1. The van der Waals surface area contributed by atoms with E-state index in [0.29, 0.717) is 12.3 Å². The van der Waals surface area contributed by atoms with Gasteiger partial charge in [0.25, 0.3) is 0 Å². The largest absolute Gasteiger partial charge is 0.478 e. The van der Waals surface area contributed by atoms with Crippen molar-refractivity contribution < 1.29 is 19.5 Å². The third-order valence-electron chi connectivity index (χ3n) is 2.89. The van der Waals surface area contributed by atoms with Crippen molar-refractivity contribution in [3.8, 4) is 0 Å². The second-order valence-electron chi connectivity index (χ2n) is 4.48. The molecule has 0 bridgehead atoms. The zero-order valence-electron chi connectivity index (χ0n) is 10.3. The van der Waals surface area contributed by atoms with Gasteiger partial charge in [-0.15, -0.1) is 0 Å².